The van der Waals surface area contributed by atoms with Gasteiger partial charge in [0.05, 0.1) is 5.02 Å². The molecule has 0 aliphatic carbocycles. The Balaban J connectivity index is 1.52. The highest BCUT2D eigenvalue weighted by molar-refractivity contribution is 6.30. The molecule has 1 atom stereocenters. The van der Waals surface area contributed by atoms with Crippen molar-refractivity contribution >= 4 is 29.4 Å². The van der Waals surface area contributed by atoms with E-state index in [9.17, 15) is 9.59 Å². The molecular weight excluding hydrogens is 420 g/mol. The normalized spacial score (nSPS) is 18.7. The number of aromatic nitrogens is 3. The molecule has 1 fully saturated rings. The average Bonchev–Trinajstić information content (AvgIpc) is 3.07. The zero-order valence-electron chi connectivity index (χ0n) is 17.4. The van der Waals surface area contributed by atoms with Crippen molar-refractivity contribution in [2.45, 2.75) is 32.4 Å². The number of ether oxygens (including phenoxy) is 1. The summed E-state index contributed by atoms with van der Waals surface area (Å²) in [5.74, 6) is -0.115. The first-order chi connectivity index (χ1) is 15.1. The maximum absolute atomic E-state index is 13.0. The average molecular weight is 445 g/mol. The van der Waals surface area contributed by atoms with Crippen LogP contribution in [-0.2, 0) is 4.74 Å². The van der Waals surface area contributed by atoms with Gasteiger partial charge in [-0.3, -0.25) is 9.78 Å². The van der Waals surface area contributed by atoms with Crippen LogP contribution >= 0.6 is 11.6 Å². The summed E-state index contributed by atoms with van der Waals surface area (Å²) in [4.78, 5) is 43.9. The first-order valence-corrected chi connectivity index (χ1v) is 10.9. The Hall–Kier alpha value is -2.78. The van der Waals surface area contributed by atoms with Gasteiger partial charge in [-0.2, -0.15) is 0 Å². The topological polar surface area (TPSA) is 91.8 Å². The largest absolute Gasteiger partial charge is 0.419 e. The van der Waals surface area contributed by atoms with E-state index in [-0.39, 0.29) is 5.69 Å². The summed E-state index contributed by atoms with van der Waals surface area (Å²) in [7, 11) is 0. The highest BCUT2D eigenvalue weighted by Gasteiger charge is 2.44. The first kappa shape index (κ1) is 21.5. The Morgan fingerprint density at radius 1 is 1.19 bits per heavy atom. The van der Waals surface area contributed by atoms with Gasteiger partial charge in [-0.25, -0.2) is 19.7 Å². The van der Waals surface area contributed by atoms with E-state index < -0.39 is 18.2 Å². The quantitative estimate of drug-likeness (QED) is 0.675. The van der Waals surface area contributed by atoms with Crippen molar-refractivity contribution in [1.29, 1.82) is 0 Å². The molecule has 2 amide bonds. The van der Waals surface area contributed by atoms with Crippen LogP contribution in [0.15, 0.2) is 30.7 Å². The molecule has 0 bridgehead atoms. The van der Waals surface area contributed by atoms with Crippen molar-refractivity contribution in [1.82, 2.24) is 24.8 Å². The zero-order valence-corrected chi connectivity index (χ0v) is 18.2. The van der Waals surface area contributed by atoms with Crippen LogP contribution in [-0.4, -0.2) is 69.5 Å². The molecule has 31 heavy (non-hydrogen) atoms. The fraction of sp³-hybridized carbons (Fsp3) is 0.476. The third kappa shape index (κ3) is 4.62. The molecule has 2 aliphatic rings. The molecule has 0 spiro atoms. The lowest BCUT2D eigenvalue weighted by Gasteiger charge is -2.30. The predicted octanol–water partition coefficient (Wildman–Crippen LogP) is 3.13. The molecule has 10 heteroatoms. The van der Waals surface area contributed by atoms with Crippen LogP contribution in [0, 0.1) is 0 Å². The molecule has 0 N–H and O–H groups in total. The number of likely N-dealkylation sites (tertiary alicyclic amines) is 1. The van der Waals surface area contributed by atoms with Gasteiger partial charge < -0.3 is 14.5 Å². The van der Waals surface area contributed by atoms with Crippen LogP contribution < -0.4 is 4.90 Å². The van der Waals surface area contributed by atoms with E-state index in [0.717, 1.165) is 19.6 Å². The lowest BCUT2D eigenvalue weighted by Crippen LogP contribution is -2.42. The maximum Gasteiger partial charge on any atom is 0.412 e. The summed E-state index contributed by atoms with van der Waals surface area (Å²) >= 11 is 5.94. The fourth-order valence-corrected chi connectivity index (χ4v) is 3.99. The maximum atomic E-state index is 13.0. The van der Waals surface area contributed by atoms with E-state index >= 15 is 0 Å². The summed E-state index contributed by atoms with van der Waals surface area (Å²) in [6, 6.07) is 3.22. The van der Waals surface area contributed by atoms with Crippen molar-refractivity contribution < 1.29 is 14.3 Å². The number of amides is 2. The third-order valence-electron chi connectivity index (χ3n) is 5.56. The first-order valence-electron chi connectivity index (χ1n) is 10.5. The minimum absolute atomic E-state index is 0.147. The number of hydrogen-bond donors (Lipinski definition) is 0. The van der Waals surface area contributed by atoms with Crippen LogP contribution in [0.5, 0.6) is 0 Å². The van der Waals surface area contributed by atoms with E-state index in [0.29, 0.717) is 29.6 Å². The standard InChI is InChI=1S/C21H25ClN6O3/c1-2-27(13-12-26-10-4-3-5-11-26)21(30)31-20-18-17(23-8-9-24-18)19(29)28(20)16-7-6-15(22)14-25-16/h6-9,14,20H,2-5,10-13H2,1H3/t20-/m0/s1. The smallest absolute Gasteiger partial charge is 0.412 e. The molecule has 0 saturated carbocycles. The molecule has 2 aliphatic heterocycles. The van der Waals surface area contributed by atoms with Crippen molar-refractivity contribution in [3.8, 4) is 0 Å². The molecule has 2 aromatic rings. The molecule has 4 heterocycles. The minimum atomic E-state index is -1.04. The van der Waals surface area contributed by atoms with Crippen LogP contribution in [0.1, 0.15) is 48.6 Å². The van der Waals surface area contributed by atoms with Gasteiger partial charge in [0.2, 0.25) is 6.23 Å². The van der Waals surface area contributed by atoms with Crippen molar-refractivity contribution in [3.05, 3.63) is 47.1 Å². The Labute approximate surface area is 186 Å². The summed E-state index contributed by atoms with van der Waals surface area (Å²) in [6.07, 6.45) is 6.45. The molecule has 0 unspecified atom stereocenters. The molecule has 2 aromatic heterocycles. The molecular formula is C21H25ClN6O3. The predicted molar refractivity (Wildman–Crippen MR) is 115 cm³/mol. The molecule has 1 saturated heterocycles. The van der Waals surface area contributed by atoms with Crippen molar-refractivity contribution in [3.63, 3.8) is 0 Å². The second kappa shape index (κ2) is 9.57. The van der Waals surface area contributed by atoms with Gasteiger partial charge in [-0.1, -0.05) is 18.0 Å². The molecule has 0 radical (unpaired) electrons. The number of likely N-dealkylation sites (N-methyl/N-ethyl adjacent to an activating group) is 1. The number of fused-ring (bicyclic) bond motifs is 1. The number of hydrogen-bond acceptors (Lipinski definition) is 7. The number of piperidine rings is 1. The lowest BCUT2D eigenvalue weighted by molar-refractivity contribution is 0.0572. The van der Waals surface area contributed by atoms with Gasteiger partial charge >= 0.3 is 6.09 Å². The summed E-state index contributed by atoms with van der Waals surface area (Å²) in [5.41, 5.74) is 0.443. The van der Waals surface area contributed by atoms with E-state index in [2.05, 4.69) is 19.9 Å². The second-order valence-corrected chi connectivity index (χ2v) is 7.95. The molecule has 4 rings (SSSR count). The van der Waals surface area contributed by atoms with Crippen LogP contribution in [0.2, 0.25) is 5.02 Å². The van der Waals surface area contributed by atoms with Crippen molar-refractivity contribution in [2.24, 2.45) is 0 Å². The molecule has 164 valence electrons. The number of pyridine rings is 1. The van der Waals surface area contributed by atoms with Gasteiger partial charge in [0.15, 0.2) is 5.69 Å². The SMILES string of the molecule is CCN(CCN1CCCCC1)C(=O)O[C@H]1c2nccnc2C(=O)N1c1ccc(Cl)cn1. The van der Waals surface area contributed by atoms with Crippen LogP contribution in [0.3, 0.4) is 0 Å². The Morgan fingerprint density at radius 2 is 1.97 bits per heavy atom. The number of carbonyl (C=O) groups excluding carboxylic acids is 2. The van der Waals surface area contributed by atoms with Gasteiger partial charge in [0, 0.05) is 38.2 Å². The number of anilines is 1. The van der Waals surface area contributed by atoms with Gasteiger partial charge in [-0.15, -0.1) is 0 Å². The third-order valence-corrected chi connectivity index (χ3v) is 5.79. The minimum Gasteiger partial charge on any atom is -0.419 e. The lowest BCUT2D eigenvalue weighted by atomic mass is 10.1. The van der Waals surface area contributed by atoms with E-state index in [4.69, 9.17) is 16.3 Å². The van der Waals surface area contributed by atoms with Gasteiger partial charge in [0.25, 0.3) is 5.91 Å². The number of halogens is 1. The van der Waals surface area contributed by atoms with E-state index in [1.165, 1.54) is 42.8 Å². The van der Waals surface area contributed by atoms with E-state index in [1.807, 2.05) is 6.92 Å². The second-order valence-electron chi connectivity index (χ2n) is 7.52. The molecule has 0 aromatic carbocycles. The summed E-state index contributed by atoms with van der Waals surface area (Å²) < 4.78 is 5.80. The van der Waals surface area contributed by atoms with Crippen molar-refractivity contribution in [2.75, 3.05) is 37.6 Å². The number of nitrogens with zero attached hydrogens (tertiary/aromatic N) is 6. The highest BCUT2D eigenvalue weighted by Crippen LogP contribution is 2.35. The monoisotopic (exact) mass is 444 g/mol. The van der Waals surface area contributed by atoms with Crippen LogP contribution in [0.25, 0.3) is 0 Å². The highest BCUT2D eigenvalue weighted by atomic mass is 35.5. The Bertz CT molecular complexity index is 935. The fourth-order valence-electron chi connectivity index (χ4n) is 3.87. The summed E-state index contributed by atoms with van der Waals surface area (Å²) in [6.45, 7) is 5.88. The van der Waals surface area contributed by atoms with Gasteiger partial charge in [-0.05, 0) is 45.0 Å². The number of carbonyl (C=O) groups is 2. The number of rotatable bonds is 6. The summed E-state index contributed by atoms with van der Waals surface area (Å²) in [5, 5.41) is 0.438. The van der Waals surface area contributed by atoms with E-state index in [1.54, 1.807) is 17.0 Å². The Morgan fingerprint density at radius 3 is 2.68 bits per heavy atom. The zero-order chi connectivity index (χ0) is 21.8. The molecule has 9 nitrogen and oxygen atoms in total. The van der Waals surface area contributed by atoms with Crippen LogP contribution in [0.4, 0.5) is 10.6 Å². The van der Waals surface area contributed by atoms with Gasteiger partial charge in [0.1, 0.15) is 11.5 Å². The Kier molecular flexibility index (Phi) is 6.62.